The van der Waals surface area contributed by atoms with Gasteiger partial charge < -0.3 is 9.72 Å². The number of nitrogens with one attached hydrogen (secondary N) is 1. The third-order valence-electron chi connectivity index (χ3n) is 3.67. The molecule has 23 heavy (non-hydrogen) atoms. The fourth-order valence-electron chi connectivity index (χ4n) is 2.46. The third kappa shape index (κ3) is 3.38. The number of hydrogen-bond acceptors (Lipinski definition) is 3. The second-order valence-corrected chi connectivity index (χ2v) is 5.40. The fraction of sp³-hybridized carbons (Fsp3) is 0.167. The molecule has 2 heterocycles. The molecule has 0 spiro atoms. The minimum Gasteiger partial charge on any atom is -0.349 e. The molecule has 1 amide bonds. The number of amides is 1. The summed E-state index contributed by atoms with van der Waals surface area (Å²) in [5, 5.41) is 11.8. The van der Waals surface area contributed by atoms with Crippen LogP contribution in [0.2, 0.25) is 0 Å². The molecule has 0 fully saturated rings. The van der Waals surface area contributed by atoms with Crippen LogP contribution in [0.15, 0.2) is 54.9 Å². The Kier molecular flexibility index (Phi) is 4.07. The van der Waals surface area contributed by atoms with Crippen molar-refractivity contribution in [1.82, 2.24) is 14.7 Å². The van der Waals surface area contributed by atoms with Gasteiger partial charge in [0.1, 0.15) is 5.65 Å². The summed E-state index contributed by atoms with van der Waals surface area (Å²) in [6.45, 7) is 1.92. The second kappa shape index (κ2) is 6.32. The molecule has 5 nitrogen and oxygen atoms in total. The summed E-state index contributed by atoms with van der Waals surface area (Å²) in [7, 11) is 0. The van der Waals surface area contributed by atoms with E-state index in [1.807, 2.05) is 54.0 Å². The normalized spacial score (nSPS) is 11.8. The van der Waals surface area contributed by atoms with Crippen molar-refractivity contribution in [3.8, 4) is 6.07 Å². The maximum atomic E-state index is 12.2. The van der Waals surface area contributed by atoms with Crippen molar-refractivity contribution >= 4 is 11.6 Å². The first-order valence-electron chi connectivity index (χ1n) is 7.38. The summed E-state index contributed by atoms with van der Waals surface area (Å²) < 4.78 is 1.90. The van der Waals surface area contributed by atoms with Gasteiger partial charge in [0.15, 0.2) is 0 Å². The number of carbonyl (C=O) groups excluding carboxylic acids is 1. The zero-order chi connectivity index (χ0) is 16.2. The summed E-state index contributed by atoms with van der Waals surface area (Å²) >= 11 is 0. The van der Waals surface area contributed by atoms with Crippen LogP contribution in [0, 0.1) is 11.3 Å². The Balaban J connectivity index is 1.65. The Hall–Kier alpha value is -3.13. The van der Waals surface area contributed by atoms with Gasteiger partial charge in [-0.25, -0.2) is 4.98 Å². The van der Waals surface area contributed by atoms with Crippen LogP contribution >= 0.6 is 0 Å². The largest absolute Gasteiger partial charge is 0.349 e. The molecule has 1 atom stereocenters. The highest BCUT2D eigenvalue weighted by Crippen LogP contribution is 2.13. The minimum atomic E-state index is -0.118. The van der Waals surface area contributed by atoms with Gasteiger partial charge >= 0.3 is 0 Å². The zero-order valence-corrected chi connectivity index (χ0v) is 12.7. The van der Waals surface area contributed by atoms with E-state index in [1.54, 1.807) is 12.1 Å². The highest BCUT2D eigenvalue weighted by atomic mass is 16.1. The molecular weight excluding hydrogens is 288 g/mol. The standard InChI is InChI=1S/C18H16N4O/c1-13(15-7-5-14(11-19)6-8-15)20-18(23)10-16-12-22-9-3-2-4-17(22)21-16/h2-9,12-13H,10H2,1H3,(H,20,23). The van der Waals surface area contributed by atoms with Crippen molar-refractivity contribution in [2.24, 2.45) is 0 Å². The van der Waals surface area contributed by atoms with E-state index in [4.69, 9.17) is 5.26 Å². The Morgan fingerprint density at radius 3 is 2.78 bits per heavy atom. The summed E-state index contributed by atoms with van der Waals surface area (Å²) in [6.07, 6.45) is 4.01. The summed E-state index contributed by atoms with van der Waals surface area (Å²) in [5.74, 6) is -0.0785. The predicted octanol–water partition coefficient (Wildman–Crippen LogP) is 2.63. The van der Waals surface area contributed by atoms with Crippen molar-refractivity contribution in [2.75, 3.05) is 0 Å². The van der Waals surface area contributed by atoms with Crippen molar-refractivity contribution < 1.29 is 4.79 Å². The lowest BCUT2D eigenvalue weighted by molar-refractivity contribution is -0.121. The molecule has 0 aliphatic heterocycles. The van der Waals surface area contributed by atoms with Crippen LogP contribution in [-0.4, -0.2) is 15.3 Å². The summed E-state index contributed by atoms with van der Waals surface area (Å²) in [4.78, 5) is 16.6. The van der Waals surface area contributed by atoms with Gasteiger partial charge in [0.05, 0.1) is 29.8 Å². The van der Waals surface area contributed by atoms with Gasteiger partial charge in [0.2, 0.25) is 5.91 Å². The fourth-order valence-corrected chi connectivity index (χ4v) is 2.46. The van der Waals surface area contributed by atoms with Gasteiger partial charge in [0.25, 0.3) is 0 Å². The van der Waals surface area contributed by atoms with E-state index >= 15 is 0 Å². The van der Waals surface area contributed by atoms with Crippen LogP contribution in [0.5, 0.6) is 0 Å². The Morgan fingerprint density at radius 2 is 2.09 bits per heavy atom. The first kappa shape index (κ1) is 14.8. The number of rotatable bonds is 4. The Morgan fingerprint density at radius 1 is 1.30 bits per heavy atom. The number of fused-ring (bicyclic) bond motifs is 1. The van der Waals surface area contributed by atoms with Gasteiger partial charge in [-0.15, -0.1) is 0 Å². The molecule has 3 aromatic rings. The maximum absolute atomic E-state index is 12.2. The molecule has 5 heteroatoms. The van der Waals surface area contributed by atoms with Crippen LogP contribution < -0.4 is 5.32 Å². The Bertz CT molecular complexity index is 841. The van der Waals surface area contributed by atoms with Crippen molar-refractivity contribution in [2.45, 2.75) is 19.4 Å². The Labute approximate surface area is 134 Å². The number of pyridine rings is 1. The van der Waals surface area contributed by atoms with Crippen LogP contribution in [0.1, 0.15) is 29.8 Å². The number of benzene rings is 1. The molecule has 2 aromatic heterocycles. The molecule has 1 aromatic carbocycles. The molecule has 1 N–H and O–H groups in total. The van der Waals surface area contributed by atoms with E-state index in [9.17, 15) is 4.79 Å². The van der Waals surface area contributed by atoms with Gasteiger partial charge in [-0.1, -0.05) is 18.2 Å². The number of nitrogens with zero attached hydrogens (tertiary/aromatic N) is 3. The number of aromatic nitrogens is 2. The molecular formula is C18H16N4O. The number of carbonyl (C=O) groups is 1. The van der Waals surface area contributed by atoms with Gasteiger partial charge in [0, 0.05) is 12.4 Å². The molecule has 0 aliphatic carbocycles. The summed E-state index contributed by atoms with van der Waals surface area (Å²) in [6, 6.07) is 14.9. The van der Waals surface area contributed by atoms with Crippen LogP contribution in [0.25, 0.3) is 5.65 Å². The van der Waals surface area contributed by atoms with Crippen molar-refractivity contribution in [3.63, 3.8) is 0 Å². The van der Waals surface area contributed by atoms with E-state index in [-0.39, 0.29) is 18.4 Å². The van der Waals surface area contributed by atoms with Gasteiger partial charge in [-0.3, -0.25) is 4.79 Å². The van der Waals surface area contributed by atoms with Crippen LogP contribution in [0.4, 0.5) is 0 Å². The highest BCUT2D eigenvalue weighted by Gasteiger charge is 2.12. The smallest absolute Gasteiger partial charge is 0.226 e. The molecule has 0 aliphatic rings. The van der Waals surface area contributed by atoms with E-state index in [0.29, 0.717) is 5.56 Å². The van der Waals surface area contributed by atoms with E-state index < -0.39 is 0 Å². The maximum Gasteiger partial charge on any atom is 0.226 e. The average Bonchev–Trinajstić information content (AvgIpc) is 2.96. The van der Waals surface area contributed by atoms with Gasteiger partial charge in [-0.05, 0) is 36.8 Å². The van der Waals surface area contributed by atoms with E-state index in [2.05, 4.69) is 16.4 Å². The van der Waals surface area contributed by atoms with Crippen molar-refractivity contribution in [3.05, 3.63) is 71.7 Å². The first-order valence-corrected chi connectivity index (χ1v) is 7.38. The number of imidazole rings is 1. The molecule has 0 saturated heterocycles. The van der Waals surface area contributed by atoms with Crippen LogP contribution in [0.3, 0.4) is 0 Å². The quantitative estimate of drug-likeness (QED) is 0.805. The minimum absolute atomic E-state index is 0.0785. The topological polar surface area (TPSA) is 70.2 Å². The highest BCUT2D eigenvalue weighted by molar-refractivity contribution is 5.78. The zero-order valence-electron chi connectivity index (χ0n) is 12.7. The van der Waals surface area contributed by atoms with E-state index in [1.165, 1.54) is 0 Å². The molecule has 0 saturated carbocycles. The van der Waals surface area contributed by atoms with Crippen molar-refractivity contribution in [1.29, 1.82) is 5.26 Å². The molecule has 0 bridgehead atoms. The van der Waals surface area contributed by atoms with E-state index in [0.717, 1.165) is 16.9 Å². The summed E-state index contributed by atoms with van der Waals surface area (Å²) in [5.41, 5.74) is 3.14. The molecule has 114 valence electrons. The molecule has 3 rings (SSSR count). The SMILES string of the molecule is CC(NC(=O)Cc1cn2ccccc2n1)c1ccc(C#N)cc1. The third-order valence-corrected chi connectivity index (χ3v) is 3.67. The number of hydrogen-bond donors (Lipinski definition) is 1. The lowest BCUT2D eigenvalue weighted by atomic mass is 10.1. The first-order chi connectivity index (χ1) is 11.2. The number of nitriles is 1. The lowest BCUT2D eigenvalue weighted by Gasteiger charge is -2.13. The monoisotopic (exact) mass is 304 g/mol. The van der Waals surface area contributed by atoms with Crippen LogP contribution in [-0.2, 0) is 11.2 Å². The molecule has 1 unspecified atom stereocenters. The molecule has 0 radical (unpaired) electrons. The lowest BCUT2D eigenvalue weighted by Crippen LogP contribution is -2.28. The average molecular weight is 304 g/mol. The second-order valence-electron chi connectivity index (χ2n) is 5.40. The predicted molar refractivity (Wildman–Crippen MR) is 86.6 cm³/mol. The van der Waals surface area contributed by atoms with Gasteiger partial charge in [-0.2, -0.15) is 5.26 Å².